The van der Waals surface area contributed by atoms with Crippen molar-refractivity contribution in [2.45, 2.75) is 0 Å². The topological polar surface area (TPSA) is 74.8 Å². The van der Waals surface area contributed by atoms with Gasteiger partial charge in [0.2, 0.25) is 17.5 Å². The maximum absolute atomic E-state index is 9.54. The Labute approximate surface area is 181 Å². The van der Waals surface area contributed by atoms with Crippen LogP contribution in [-0.2, 0) is 0 Å². The van der Waals surface area contributed by atoms with Gasteiger partial charge in [-0.1, -0.05) is 24.3 Å². The predicted octanol–water partition coefficient (Wildman–Crippen LogP) is 4.06. The Balaban J connectivity index is 1.47. The van der Waals surface area contributed by atoms with Crippen LogP contribution in [0.25, 0.3) is 12.2 Å². The van der Waals surface area contributed by atoms with Gasteiger partial charge in [0.15, 0.2) is 11.5 Å². The summed E-state index contributed by atoms with van der Waals surface area (Å²) in [7, 11) is 3.20. The van der Waals surface area contributed by atoms with Gasteiger partial charge in [0.25, 0.3) is 0 Å². The van der Waals surface area contributed by atoms with E-state index in [9.17, 15) is 5.26 Å². The minimum Gasteiger partial charge on any atom is -0.493 e. The van der Waals surface area contributed by atoms with Crippen LogP contribution < -0.4 is 19.3 Å². The fraction of sp³-hybridized carbons (Fsp3) is 0.250. The van der Waals surface area contributed by atoms with E-state index < -0.39 is 0 Å². The van der Waals surface area contributed by atoms with Crippen molar-refractivity contribution < 1.29 is 13.9 Å². The van der Waals surface area contributed by atoms with Crippen LogP contribution in [0.1, 0.15) is 17.1 Å². The molecule has 158 valence electrons. The van der Waals surface area contributed by atoms with E-state index in [0.29, 0.717) is 29.0 Å². The number of piperazine rings is 1. The smallest absolute Gasteiger partial charge is 0.235 e. The van der Waals surface area contributed by atoms with Gasteiger partial charge >= 0.3 is 0 Å². The fourth-order valence-electron chi connectivity index (χ4n) is 3.62. The molecule has 0 amide bonds. The first-order valence-electron chi connectivity index (χ1n) is 10.1. The van der Waals surface area contributed by atoms with Gasteiger partial charge in [0, 0.05) is 37.9 Å². The standard InChI is InChI=1S/C24H24N4O3/c1-29-21-10-8-18(16-22(21)30-2)9-11-23-26-20(17-25)24(31-23)28-14-12-27(13-15-28)19-6-4-3-5-7-19/h3-11,16H,12-15H2,1-2H3. The van der Waals surface area contributed by atoms with Gasteiger partial charge in [0.1, 0.15) is 6.07 Å². The zero-order valence-corrected chi connectivity index (χ0v) is 17.6. The molecule has 0 aliphatic carbocycles. The van der Waals surface area contributed by atoms with Crippen LogP contribution in [0, 0.1) is 11.3 Å². The Morgan fingerprint density at radius 3 is 2.32 bits per heavy atom. The lowest BCUT2D eigenvalue weighted by molar-refractivity contribution is 0.355. The van der Waals surface area contributed by atoms with Gasteiger partial charge in [-0.25, -0.2) is 0 Å². The van der Waals surface area contributed by atoms with E-state index in [1.165, 1.54) is 5.69 Å². The van der Waals surface area contributed by atoms with E-state index in [1.54, 1.807) is 20.3 Å². The van der Waals surface area contributed by atoms with Crippen LogP contribution in [-0.4, -0.2) is 45.4 Å². The number of rotatable bonds is 6. The summed E-state index contributed by atoms with van der Waals surface area (Å²) in [5.41, 5.74) is 2.42. The molecule has 0 spiro atoms. The normalized spacial score (nSPS) is 14.0. The summed E-state index contributed by atoms with van der Waals surface area (Å²) in [4.78, 5) is 8.76. The molecule has 0 N–H and O–H groups in total. The van der Waals surface area contributed by atoms with Crippen molar-refractivity contribution in [2.75, 3.05) is 50.2 Å². The third-order valence-electron chi connectivity index (χ3n) is 5.25. The van der Waals surface area contributed by atoms with Crippen LogP contribution in [0.4, 0.5) is 11.6 Å². The van der Waals surface area contributed by atoms with Gasteiger partial charge < -0.3 is 23.7 Å². The summed E-state index contributed by atoms with van der Waals surface area (Å²) in [5.74, 6) is 2.24. The highest BCUT2D eigenvalue weighted by Gasteiger charge is 2.23. The zero-order chi connectivity index (χ0) is 21.6. The molecule has 1 aromatic heterocycles. The number of nitrogens with zero attached hydrogens (tertiary/aromatic N) is 4. The second kappa shape index (κ2) is 9.26. The second-order valence-electron chi connectivity index (χ2n) is 7.08. The molecule has 0 saturated carbocycles. The molecule has 1 aliphatic heterocycles. The van der Waals surface area contributed by atoms with Crippen molar-refractivity contribution in [3.63, 3.8) is 0 Å². The lowest BCUT2D eigenvalue weighted by atomic mass is 10.2. The van der Waals surface area contributed by atoms with E-state index >= 15 is 0 Å². The van der Waals surface area contributed by atoms with Gasteiger partial charge in [0.05, 0.1) is 14.2 Å². The third-order valence-corrected chi connectivity index (χ3v) is 5.25. The molecular formula is C24H24N4O3. The summed E-state index contributed by atoms with van der Waals surface area (Å²) in [6.45, 7) is 3.23. The van der Waals surface area contributed by atoms with E-state index in [0.717, 1.165) is 31.7 Å². The number of oxazole rings is 1. The van der Waals surface area contributed by atoms with Gasteiger partial charge in [-0.15, -0.1) is 0 Å². The molecule has 0 bridgehead atoms. The molecule has 2 heterocycles. The second-order valence-corrected chi connectivity index (χ2v) is 7.08. The van der Waals surface area contributed by atoms with Crippen molar-refractivity contribution in [2.24, 2.45) is 0 Å². The summed E-state index contributed by atoms with van der Waals surface area (Å²) in [5, 5.41) is 9.54. The lowest BCUT2D eigenvalue weighted by Gasteiger charge is -2.35. The molecule has 0 radical (unpaired) electrons. The predicted molar refractivity (Wildman–Crippen MR) is 121 cm³/mol. The molecule has 2 aromatic carbocycles. The van der Waals surface area contributed by atoms with E-state index in [-0.39, 0.29) is 0 Å². The molecule has 0 atom stereocenters. The molecule has 1 fully saturated rings. The third kappa shape index (κ3) is 4.48. The van der Waals surface area contributed by atoms with E-state index in [2.05, 4.69) is 33.0 Å². The minimum atomic E-state index is 0.306. The first kappa shape index (κ1) is 20.4. The monoisotopic (exact) mass is 416 g/mol. The maximum atomic E-state index is 9.54. The molecule has 31 heavy (non-hydrogen) atoms. The lowest BCUT2D eigenvalue weighted by Crippen LogP contribution is -2.46. The average Bonchev–Trinajstić information content (AvgIpc) is 3.26. The number of benzene rings is 2. The Morgan fingerprint density at radius 1 is 0.935 bits per heavy atom. The molecule has 7 nitrogen and oxygen atoms in total. The van der Waals surface area contributed by atoms with Crippen molar-refractivity contribution in [3.05, 3.63) is 65.7 Å². The van der Waals surface area contributed by atoms with Gasteiger partial charge in [-0.05, 0) is 35.9 Å². The van der Waals surface area contributed by atoms with Gasteiger partial charge in [-0.2, -0.15) is 10.2 Å². The number of para-hydroxylation sites is 1. The molecule has 4 rings (SSSR count). The Morgan fingerprint density at radius 2 is 1.65 bits per heavy atom. The molecule has 0 unspecified atom stereocenters. The number of aromatic nitrogens is 1. The molecule has 3 aromatic rings. The molecule has 1 aliphatic rings. The minimum absolute atomic E-state index is 0.306. The number of nitriles is 1. The van der Waals surface area contributed by atoms with Gasteiger partial charge in [-0.3, -0.25) is 0 Å². The van der Waals surface area contributed by atoms with Crippen molar-refractivity contribution in [1.29, 1.82) is 5.26 Å². The molecule has 7 heteroatoms. The number of ether oxygens (including phenoxy) is 2. The first-order valence-corrected chi connectivity index (χ1v) is 10.1. The summed E-state index contributed by atoms with van der Waals surface area (Å²) < 4.78 is 16.5. The maximum Gasteiger partial charge on any atom is 0.235 e. The highest BCUT2D eigenvalue weighted by atomic mass is 16.5. The molecule has 1 saturated heterocycles. The van der Waals surface area contributed by atoms with Crippen molar-refractivity contribution in [3.8, 4) is 17.6 Å². The SMILES string of the molecule is COc1ccc(C=Cc2nc(C#N)c(N3CCN(c4ccccc4)CC3)o2)cc1OC. The fourth-order valence-corrected chi connectivity index (χ4v) is 3.62. The largest absolute Gasteiger partial charge is 0.493 e. The Hall–Kier alpha value is -3.92. The number of methoxy groups -OCH3 is 2. The number of hydrogen-bond acceptors (Lipinski definition) is 7. The Bertz CT molecular complexity index is 1090. The first-order chi connectivity index (χ1) is 15.2. The van der Waals surface area contributed by atoms with E-state index in [4.69, 9.17) is 13.9 Å². The average molecular weight is 416 g/mol. The number of anilines is 2. The van der Waals surface area contributed by atoms with Crippen molar-refractivity contribution >= 4 is 23.7 Å². The van der Waals surface area contributed by atoms with Crippen LogP contribution in [0.3, 0.4) is 0 Å². The highest BCUT2D eigenvalue weighted by molar-refractivity contribution is 5.69. The molecular weight excluding hydrogens is 392 g/mol. The van der Waals surface area contributed by atoms with Crippen LogP contribution in [0.15, 0.2) is 52.9 Å². The summed E-state index contributed by atoms with van der Waals surface area (Å²) in [6.07, 6.45) is 3.62. The summed E-state index contributed by atoms with van der Waals surface area (Å²) >= 11 is 0. The summed E-state index contributed by atoms with van der Waals surface area (Å²) in [6, 6.07) is 18.1. The number of hydrogen-bond donors (Lipinski definition) is 0. The van der Waals surface area contributed by atoms with Crippen molar-refractivity contribution in [1.82, 2.24) is 4.98 Å². The van der Waals surface area contributed by atoms with Crippen LogP contribution in [0.5, 0.6) is 11.5 Å². The van der Waals surface area contributed by atoms with Crippen LogP contribution in [0.2, 0.25) is 0 Å². The quantitative estimate of drug-likeness (QED) is 0.600. The highest BCUT2D eigenvalue weighted by Crippen LogP contribution is 2.29. The van der Waals surface area contributed by atoms with Crippen LogP contribution >= 0.6 is 0 Å². The van der Waals surface area contributed by atoms with E-state index in [1.807, 2.05) is 42.5 Å². The zero-order valence-electron chi connectivity index (χ0n) is 17.6. The Kier molecular flexibility index (Phi) is 6.08.